The fraction of sp³-hybridized carbons (Fsp3) is 0.321. The SMILES string of the molecule is COc1ccccc1SC[C@H]1O[C@@H](c2ccc(NC(=O)C(Cl)(Cl)Cl)cc2)O[C@@H](c2ccc(CO)cc2)[C@H]1C. The Morgan fingerprint density at radius 2 is 1.66 bits per heavy atom. The van der Waals surface area contributed by atoms with E-state index in [1.807, 2.05) is 60.7 Å². The van der Waals surface area contributed by atoms with Crippen LogP contribution in [0.1, 0.15) is 36.0 Å². The minimum Gasteiger partial charge on any atom is -0.496 e. The Kier molecular flexibility index (Phi) is 9.87. The van der Waals surface area contributed by atoms with Gasteiger partial charge in [0, 0.05) is 27.8 Å². The molecule has 0 radical (unpaired) electrons. The first-order chi connectivity index (χ1) is 18.2. The summed E-state index contributed by atoms with van der Waals surface area (Å²) in [5.41, 5.74) is 3.10. The molecule has 3 aromatic carbocycles. The molecule has 4 atom stereocenters. The lowest BCUT2D eigenvalue weighted by Gasteiger charge is -2.41. The normalized spacial score (nSPS) is 21.6. The third-order valence-electron chi connectivity index (χ3n) is 6.29. The number of hydrogen-bond acceptors (Lipinski definition) is 6. The number of carbonyl (C=O) groups excluding carboxylic acids is 1. The number of nitrogens with one attached hydrogen (secondary N) is 1. The molecule has 0 aliphatic carbocycles. The summed E-state index contributed by atoms with van der Waals surface area (Å²) in [5.74, 6) is 0.798. The average molecular weight is 597 g/mol. The van der Waals surface area contributed by atoms with Crippen LogP contribution in [0.15, 0.2) is 77.7 Å². The zero-order valence-corrected chi connectivity index (χ0v) is 23.9. The maximum atomic E-state index is 12.0. The van der Waals surface area contributed by atoms with Gasteiger partial charge in [0.2, 0.25) is 0 Å². The Hall–Kier alpha value is -1.97. The van der Waals surface area contributed by atoms with E-state index < -0.39 is 16.0 Å². The van der Waals surface area contributed by atoms with E-state index in [0.29, 0.717) is 11.4 Å². The summed E-state index contributed by atoms with van der Waals surface area (Å²) in [4.78, 5) is 13.0. The lowest BCUT2D eigenvalue weighted by atomic mass is 9.91. The Bertz CT molecular complexity index is 1220. The fourth-order valence-electron chi connectivity index (χ4n) is 4.15. The Balaban J connectivity index is 1.56. The van der Waals surface area contributed by atoms with Crippen LogP contribution >= 0.6 is 46.6 Å². The smallest absolute Gasteiger partial charge is 0.276 e. The van der Waals surface area contributed by atoms with Crippen LogP contribution in [0.4, 0.5) is 5.69 Å². The van der Waals surface area contributed by atoms with E-state index in [2.05, 4.69) is 12.2 Å². The van der Waals surface area contributed by atoms with Crippen LogP contribution in [0.5, 0.6) is 5.75 Å². The molecule has 0 unspecified atom stereocenters. The fourth-order valence-corrected chi connectivity index (χ4v) is 5.48. The molecular formula is C28H28Cl3NO5S. The number of benzene rings is 3. The predicted octanol–water partition coefficient (Wildman–Crippen LogP) is 7.08. The highest BCUT2D eigenvalue weighted by molar-refractivity contribution is 7.99. The van der Waals surface area contributed by atoms with Crippen LogP contribution in [0, 0.1) is 5.92 Å². The van der Waals surface area contributed by atoms with Gasteiger partial charge in [-0.05, 0) is 35.4 Å². The number of thioether (sulfide) groups is 1. The van der Waals surface area contributed by atoms with E-state index in [4.69, 9.17) is 49.0 Å². The standard InChI is InChI=1S/C28H28Cl3NO5S/c1-17-23(16-38-24-6-4-3-5-22(24)35-2)36-26(37-25(17)19-9-7-18(15-33)8-10-19)20-11-13-21(14-12-20)32-27(34)28(29,30)31/h3-14,17,23,25-26,33H,15-16H2,1-2H3,(H,32,34)/t17-,23+,25+,26+/m0/s1. The third-order valence-corrected chi connectivity index (χ3v) is 7.95. The molecule has 10 heteroatoms. The quantitative estimate of drug-likeness (QED) is 0.214. The Labute approximate surface area is 241 Å². The van der Waals surface area contributed by atoms with Gasteiger partial charge in [0.1, 0.15) is 5.75 Å². The van der Waals surface area contributed by atoms with Crippen LogP contribution in [0.3, 0.4) is 0 Å². The van der Waals surface area contributed by atoms with Gasteiger partial charge in [0.15, 0.2) is 6.29 Å². The van der Waals surface area contributed by atoms with Crippen LogP contribution in [0.2, 0.25) is 0 Å². The van der Waals surface area contributed by atoms with Crippen molar-refractivity contribution in [1.82, 2.24) is 0 Å². The van der Waals surface area contributed by atoms with Crippen LogP contribution in [0.25, 0.3) is 0 Å². The average Bonchev–Trinajstić information content (AvgIpc) is 2.92. The maximum absolute atomic E-state index is 12.0. The summed E-state index contributed by atoms with van der Waals surface area (Å²) in [6.45, 7) is 2.09. The van der Waals surface area contributed by atoms with Gasteiger partial charge in [-0.25, -0.2) is 0 Å². The van der Waals surface area contributed by atoms with E-state index in [1.54, 1.807) is 31.0 Å². The van der Waals surface area contributed by atoms with Crippen molar-refractivity contribution in [3.05, 3.63) is 89.5 Å². The van der Waals surface area contributed by atoms with Crippen molar-refractivity contribution in [3.63, 3.8) is 0 Å². The number of halogens is 3. The summed E-state index contributed by atoms with van der Waals surface area (Å²) >= 11 is 18.6. The number of anilines is 1. The van der Waals surface area contributed by atoms with Crippen molar-refractivity contribution in [2.75, 3.05) is 18.2 Å². The molecule has 1 saturated heterocycles. The van der Waals surface area contributed by atoms with Gasteiger partial charge in [0.25, 0.3) is 9.70 Å². The zero-order chi connectivity index (χ0) is 27.3. The minimum atomic E-state index is -2.06. The number of para-hydroxylation sites is 1. The number of alkyl halides is 3. The van der Waals surface area contributed by atoms with Crippen molar-refractivity contribution >= 4 is 58.2 Å². The highest BCUT2D eigenvalue weighted by Gasteiger charge is 2.38. The Morgan fingerprint density at radius 1 is 1.00 bits per heavy atom. The van der Waals surface area contributed by atoms with Crippen LogP contribution in [-0.4, -0.2) is 33.8 Å². The van der Waals surface area contributed by atoms with Crippen molar-refractivity contribution in [2.24, 2.45) is 5.92 Å². The summed E-state index contributed by atoms with van der Waals surface area (Å²) in [6, 6.07) is 22.7. The topological polar surface area (TPSA) is 77.0 Å². The molecule has 0 aromatic heterocycles. The van der Waals surface area contributed by atoms with Crippen molar-refractivity contribution in [1.29, 1.82) is 0 Å². The number of aliphatic hydroxyl groups excluding tert-OH is 1. The maximum Gasteiger partial charge on any atom is 0.276 e. The van der Waals surface area contributed by atoms with Gasteiger partial charge in [0.05, 0.1) is 25.9 Å². The van der Waals surface area contributed by atoms with Crippen LogP contribution < -0.4 is 10.1 Å². The molecular weight excluding hydrogens is 569 g/mol. The highest BCUT2D eigenvalue weighted by atomic mass is 35.6. The molecule has 0 spiro atoms. The van der Waals surface area contributed by atoms with Gasteiger partial charge in [-0.15, -0.1) is 11.8 Å². The number of hydrogen-bond donors (Lipinski definition) is 2. The van der Waals surface area contributed by atoms with Crippen molar-refractivity contribution in [3.8, 4) is 5.75 Å². The first-order valence-electron chi connectivity index (χ1n) is 11.9. The van der Waals surface area contributed by atoms with Gasteiger partial charge in [-0.1, -0.05) is 90.3 Å². The molecule has 1 aliphatic rings. The predicted molar refractivity (Wildman–Crippen MR) is 152 cm³/mol. The molecule has 38 heavy (non-hydrogen) atoms. The second-order valence-corrected chi connectivity index (χ2v) is 12.2. The summed E-state index contributed by atoms with van der Waals surface area (Å²) < 4.78 is 16.4. The molecule has 2 N–H and O–H groups in total. The summed E-state index contributed by atoms with van der Waals surface area (Å²) in [7, 11) is 1.66. The Morgan fingerprint density at radius 3 is 2.29 bits per heavy atom. The highest BCUT2D eigenvalue weighted by Crippen LogP contribution is 2.43. The molecule has 1 aliphatic heterocycles. The zero-order valence-electron chi connectivity index (χ0n) is 20.8. The molecule has 0 bridgehead atoms. The van der Waals surface area contributed by atoms with Crippen molar-refractivity contribution in [2.45, 2.75) is 40.7 Å². The van der Waals surface area contributed by atoms with Gasteiger partial charge in [-0.2, -0.15) is 0 Å². The van der Waals surface area contributed by atoms with E-state index in [-0.39, 0.29) is 24.7 Å². The lowest BCUT2D eigenvalue weighted by molar-refractivity contribution is -0.268. The van der Waals surface area contributed by atoms with E-state index >= 15 is 0 Å². The van der Waals surface area contributed by atoms with Crippen molar-refractivity contribution < 1.29 is 24.1 Å². The molecule has 4 rings (SSSR count). The van der Waals surface area contributed by atoms with Gasteiger partial charge in [-0.3, -0.25) is 4.79 Å². The number of amides is 1. The van der Waals surface area contributed by atoms with Crippen LogP contribution in [-0.2, 0) is 20.9 Å². The van der Waals surface area contributed by atoms with Gasteiger partial charge < -0.3 is 24.6 Å². The largest absolute Gasteiger partial charge is 0.496 e. The third kappa shape index (κ3) is 7.16. The molecule has 3 aromatic rings. The van der Waals surface area contributed by atoms with E-state index in [0.717, 1.165) is 27.3 Å². The van der Waals surface area contributed by atoms with E-state index in [9.17, 15) is 9.90 Å². The summed E-state index contributed by atoms with van der Waals surface area (Å²) in [6.07, 6.45) is -1.03. The van der Waals surface area contributed by atoms with E-state index in [1.165, 1.54) is 0 Å². The molecule has 202 valence electrons. The second kappa shape index (κ2) is 12.9. The lowest BCUT2D eigenvalue weighted by Crippen LogP contribution is -2.38. The number of ether oxygens (including phenoxy) is 3. The molecule has 1 amide bonds. The summed E-state index contributed by atoms with van der Waals surface area (Å²) in [5, 5.41) is 12.0. The minimum absolute atomic E-state index is 0.0214. The molecule has 1 fully saturated rings. The number of methoxy groups -OCH3 is 1. The number of carbonyl (C=O) groups is 1. The second-order valence-electron chi connectivity index (χ2n) is 8.86. The monoisotopic (exact) mass is 595 g/mol. The number of rotatable bonds is 8. The molecule has 1 heterocycles. The first-order valence-corrected chi connectivity index (χ1v) is 14.1. The first kappa shape index (κ1) is 29.0. The van der Waals surface area contributed by atoms with Gasteiger partial charge >= 0.3 is 0 Å². The molecule has 6 nitrogen and oxygen atoms in total. The molecule has 0 saturated carbocycles. The number of aliphatic hydroxyl groups is 1.